The fourth-order valence-corrected chi connectivity index (χ4v) is 0.410. The average Bonchev–Trinajstić information content (AvgIpc) is 2.42. The number of hydrogen-bond donors (Lipinski definition) is 2. The molecule has 42 valence electrons. The summed E-state index contributed by atoms with van der Waals surface area (Å²) in [5.74, 6) is 0. The molecule has 0 amide bonds. The van der Waals surface area contributed by atoms with Crippen LogP contribution in [0.25, 0.3) is 0 Å². The van der Waals surface area contributed by atoms with Crippen LogP contribution in [0.15, 0.2) is 0 Å². The standard InChI is InChI=1S/C4H10N2O/c5-1-2-6-4-3-7-4/h4,6H,1-3,5H2. The van der Waals surface area contributed by atoms with E-state index in [2.05, 4.69) is 5.32 Å². The smallest absolute Gasteiger partial charge is 0.132 e. The van der Waals surface area contributed by atoms with Gasteiger partial charge in [-0.25, -0.2) is 0 Å². The summed E-state index contributed by atoms with van der Waals surface area (Å²) in [6.07, 6.45) is 0.323. The molecular weight excluding hydrogens is 92.1 g/mol. The van der Waals surface area contributed by atoms with Crippen molar-refractivity contribution in [2.75, 3.05) is 19.7 Å². The van der Waals surface area contributed by atoms with E-state index in [1.54, 1.807) is 0 Å². The summed E-state index contributed by atoms with van der Waals surface area (Å²) in [7, 11) is 0. The Morgan fingerprint density at radius 2 is 2.57 bits per heavy atom. The summed E-state index contributed by atoms with van der Waals surface area (Å²) >= 11 is 0. The van der Waals surface area contributed by atoms with E-state index in [4.69, 9.17) is 10.5 Å². The molecule has 1 atom stereocenters. The molecule has 1 heterocycles. The Morgan fingerprint density at radius 1 is 1.86 bits per heavy atom. The van der Waals surface area contributed by atoms with Crippen molar-refractivity contribution in [3.63, 3.8) is 0 Å². The molecule has 3 heteroatoms. The van der Waals surface area contributed by atoms with Crippen LogP contribution < -0.4 is 11.1 Å². The molecule has 1 saturated heterocycles. The van der Waals surface area contributed by atoms with Crippen molar-refractivity contribution in [2.45, 2.75) is 6.23 Å². The number of nitrogens with one attached hydrogen (secondary N) is 1. The van der Waals surface area contributed by atoms with E-state index in [1.165, 1.54) is 0 Å². The summed E-state index contributed by atoms with van der Waals surface area (Å²) in [5.41, 5.74) is 5.19. The third-order valence-corrected chi connectivity index (χ3v) is 0.850. The first kappa shape index (κ1) is 5.03. The minimum absolute atomic E-state index is 0.323. The molecule has 0 aromatic heterocycles. The van der Waals surface area contributed by atoms with Gasteiger partial charge >= 0.3 is 0 Å². The Balaban J connectivity index is 1.80. The molecule has 1 unspecified atom stereocenters. The first-order valence-electron chi connectivity index (χ1n) is 2.48. The second kappa shape index (κ2) is 2.26. The molecule has 3 nitrogen and oxygen atoms in total. The Hall–Kier alpha value is -0.120. The highest BCUT2D eigenvalue weighted by Crippen LogP contribution is 2.01. The molecule has 3 N–H and O–H groups in total. The van der Waals surface area contributed by atoms with Crippen molar-refractivity contribution in [2.24, 2.45) is 5.73 Å². The SMILES string of the molecule is NCCNC1CO1. The molecule has 1 rings (SSSR count). The second-order valence-electron chi connectivity index (χ2n) is 1.56. The van der Waals surface area contributed by atoms with Gasteiger partial charge in [0, 0.05) is 13.1 Å². The number of nitrogens with two attached hydrogens (primary N) is 1. The Morgan fingerprint density at radius 3 is 3.00 bits per heavy atom. The Kier molecular flexibility index (Phi) is 1.62. The van der Waals surface area contributed by atoms with Crippen LogP contribution in [0.3, 0.4) is 0 Å². The minimum Gasteiger partial charge on any atom is -0.357 e. The fraction of sp³-hybridized carbons (Fsp3) is 1.00. The van der Waals surface area contributed by atoms with Gasteiger partial charge < -0.3 is 10.5 Å². The van der Waals surface area contributed by atoms with Crippen molar-refractivity contribution in [3.8, 4) is 0 Å². The summed E-state index contributed by atoms with van der Waals surface area (Å²) in [5, 5.41) is 3.06. The summed E-state index contributed by atoms with van der Waals surface area (Å²) < 4.78 is 4.84. The van der Waals surface area contributed by atoms with Crippen molar-refractivity contribution in [1.82, 2.24) is 5.32 Å². The predicted molar refractivity (Wildman–Crippen MR) is 26.8 cm³/mol. The highest BCUT2D eigenvalue weighted by atomic mass is 16.6. The lowest BCUT2D eigenvalue weighted by molar-refractivity contribution is 0.372. The molecule has 0 aromatic carbocycles. The van der Waals surface area contributed by atoms with Gasteiger partial charge in [0.15, 0.2) is 0 Å². The molecule has 0 aliphatic carbocycles. The van der Waals surface area contributed by atoms with Gasteiger partial charge in [-0.05, 0) is 0 Å². The maximum absolute atomic E-state index is 5.19. The van der Waals surface area contributed by atoms with Crippen LogP contribution in [0, 0.1) is 0 Å². The highest BCUT2D eigenvalue weighted by Gasteiger charge is 2.19. The molecule has 0 bridgehead atoms. The molecule has 1 fully saturated rings. The third-order valence-electron chi connectivity index (χ3n) is 0.850. The summed E-state index contributed by atoms with van der Waals surface area (Å²) in [4.78, 5) is 0. The monoisotopic (exact) mass is 102 g/mol. The average molecular weight is 102 g/mol. The maximum Gasteiger partial charge on any atom is 0.132 e. The number of epoxide rings is 1. The molecular formula is C4H10N2O. The molecule has 7 heavy (non-hydrogen) atoms. The number of hydrogen-bond acceptors (Lipinski definition) is 3. The predicted octanol–water partition coefficient (Wildman–Crippen LogP) is -1.11. The quantitative estimate of drug-likeness (QED) is 0.444. The van der Waals surface area contributed by atoms with Gasteiger partial charge in [0.25, 0.3) is 0 Å². The van der Waals surface area contributed by atoms with Gasteiger partial charge in [0.05, 0.1) is 6.61 Å². The van der Waals surface area contributed by atoms with E-state index in [0.29, 0.717) is 12.8 Å². The van der Waals surface area contributed by atoms with Gasteiger partial charge in [0.1, 0.15) is 6.23 Å². The molecule has 0 radical (unpaired) electrons. The van der Waals surface area contributed by atoms with Crippen molar-refractivity contribution < 1.29 is 4.74 Å². The Labute approximate surface area is 42.8 Å². The lowest BCUT2D eigenvalue weighted by Gasteiger charge is -1.92. The fourth-order valence-electron chi connectivity index (χ4n) is 0.410. The lowest BCUT2D eigenvalue weighted by Crippen LogP contribution is -2.24. The minimum atomic E-state index is 0.323. The first-order valence-corrected chi connectivity index (χ1v) is 2.48. The third kappa shape index (κ3) is 1.87. The van der Waals surface area contributed by atoms with E-state index in [-0.39, 0.29) is 0 Å². The summed E-state index contributed by atoms with van der Waals surface area (Å²) in [6, 6.07) is 0. The van der Waals surface area contributed by atoms with E-state index in [0.717, 1.165) is 13.2 Å². The van der Waals surface area contributed by atoms with Gasteiger partial charge in [0.2, 0.25) is 0 Å². The molecule has 1 aliphatic heterocycles. The molecule has 0 spiro atoms. The molecule has 1 aliphatic rings. The molecule has 0 aromatic rings. The zero-order valence-electron chi connectivity index (χ0n) is 4.18. The van der Waals surface area contributed by atoms with E-state index in [1.807, 2.05) is 0 Å². The van der Waals surface area contributed by atoms with Crippen molar-refractivity contribution >= 4 is 0 Å². The van der Waals surface area contributed by atoms with Gasteiger partial charge in [-0.1, -0.05) is 0 Å². The zero-order valence-corrected chi connectivity index (χ0v) is 4.18. The lowest BCUT2D eigenvalue weighted by atomic mass is 10.6. The van der Waals surface area contributed by atoms with Gasteiger partial charge in [-0.3, -0.25) is 5.32 Å². The van der Waals surface area contributed by atoms with E-state index < -0.39 is 0 Å². The van der Waals surface area contributed by atoms with Crippen LogP contribution in [0.2, 0.25) is 0 Å². The van der Waals surface area contributed by atoms with Crippen LogP contribution in [0.5, 0.6) is 0 Å². The topological polar surface area (TPSA) is 50.6 Å². The second-order valence-corrected chi connectivity index (χ2v) is 1.56. The van der Waals surface area contributed by atoms with Gasteiger partial charge in [-0.15, -0.1) is 0 Å². The van der Waals surface area contributed by atoms with Crippen LogP contribution in [-0.2, 0) is 4.74 Å². The number of rotatable bonds is 3. The van der Waals surface area contributed by atoms with Gasteiger partial charge in [-0.2, -0.15) is 0 Å². The van der Waals surface area contributed by atoms with E-state index >= 15 is 0 Å². The molecule has 0 saturated carbocycles. The maximum atomic E-state index is 5.19. The Bertz CT molecular complexity index is 53.7. The van der Waals surface area contributed by atoms with E-state index in [9.17, 15) is 0 Å². The van der Waals surface area contributed by atoms with Crippen LogP contribution in [0.4, 0.5) is 0 Å². The van der Waals surface area contributed by atoms with Crippen molar-refractivity contribution in [1.29, 1.82) is 0 Å². The van der Waals surface area contributed by atoms with Crippen LogP contribution >= 0.6 is 0 Å². The first-order chi connectivity index (χ1) is 3.43. The largest absolute Gasteiger partial charge is 0.357 e. The highest BCUT2D eigenvalue weighted by molar-refractivity contribution is 4.64. The zero-order chi connectivity index (χ0) is 5.11. The van der Waals surface area contributed by atoms with Crippen molar-refractivity contribution in [3.05, 3.63) is 0 Å². The number of ether oxygens (including phenoxy) is 1. The van der Waals surface area contributed by atoms with Crippen LogP contribution in [-0.4, -0.2) is 25.9 Å². The van der Waals surface area contributed by atoms with Crippen LogP contribution in [0.1, 0.15) is 0 Å². The summed E-state index contributed by atoms with van der Waals surface area (Å²) in [6.45, 7) is 2.42. The normalized spacial score (nSPS) is 27.9.